The van der Waals surface area contributed by atoms with E-state index in [0.29, 0.717) is 40.3 Å². The largest absolute Gasteiger partial charge is 0.465 e. The first-order chi connectivity index (χ1) is 13.9. The summed E-state index contributed by atoms with van der Waals surface area (Å²) in [6.07, 6.45) is 1.98. The van der Waals surface area contributed by atoms with Crippen LogP contribution in [0.15, 0.2) is 47.1 Å². The molecule has 0 unspecified atom stereocenters. The van der Waals surface area contributed by atoms with Crippen LogP contribution in [-0.2, 0) is 11.2 Å². The molecular formula is C21H21N3O5. The van der Waals surface area contributed by atoms with Crippen LogP contribution in [0.1, 0.15) is 49.6 Å². The van der Waals surface area contributed by atoms with Crippen LogP contribution in [0.5, 0.6) is 0 Å². The van der Waals surface area contributed by atoms with Gasteiger partial charge in [-0.2, -0.15) is 0 Å². The maximum atomic E-state index is 12.7. The topological polar surface area (TPSA) is 113 Å². The number of carbonyl (C=O) groups is 3. The lowest BCUT2D eigenvalue weighted by molar-refractivity contribution is 0.0598. The van der Waals surface area contributed by atoms with E-state index in [-0.39, 0.29) is 17.6 Å². The Labute approximate surface area is 167 Å². The van der Waals surface area contributed by atoms with E-state index in [1.807, 2.05) is 6.92 Å². The predicted octanol–water partition coefficient (Wildman–Crippen LogP) is 3.77. The Morgan fingerprint density at radius 1 is 1.03 bits per heavy atom. The smallest absolute Gasteiger partial charge is 0.339 e. The zero-order valence-corrected chi connectivity index (χ0v) is 16.3. The number of anilines is 2. The number of aromatic nitrogens is 1. The average molecular weight is 395 g/mol. The molecule has 8 nitrogen and oxygen atoms in total. The molecule has 0 saturated carbocycles. The highest BCUT2D eigenvalue weighted by Gasteiger charge is 2.23. The van der Waals surface area contributed by atoms with Crippen LogP contribution in [-0.4, -0.2) is 29.9 Å². The predicted molar refractivity (Wildman–Crippen MR) is 107 cm³/mol. The summed E-state index contributed by atoms with van der Waals surface area (Å²) >= 11 is 0. The Bertz CT molecular complexity index is 1030. The van der Waals surface area contributed by atoms with Crippen LogP contribution in [0.25, 0.3) is 0 Å². The fourth-order valence-corrected chi connectivity index (χ4v) is 2.96. The van der Waals surface area contributed by atoms with E-state index >= 15 is 0 Å². The molecule has 3 aromatic rings. The Hall–Kier alpha value is -3.81. The first-order valence-electron chi connectivity index (χ1n) is 9.00. The molecule has 0 saturated heterocycles. The van der Waals surface area contributed by atoms with Crippen LogP contribution in [0.4, 0.5) is 11.4 Å². The molecule has 0 aliphatic carbocycles. The summed E-state index contributed by atoms with van der Waals surface area (Å²) in [5.41, 5.74) is 2.97. The third-order valence-electron chi connectivity index (χ3n) is 4.44. The minimum absolute atomic E-state index is 0.206. The lowest BCUT2D eigenvalue weighted by Crippen LogP contribution is -2.14. The second-order valence-corrected chi connectivity index (χ2v) is 6.29. The van der Waals surface area contributed by atoms with Crippen molar-refractivity contribution in [2.24, 2.45) is 0 Å². The third-order valence-corrected chi connectivity index (χ3v) is 4.44. The number of aryl methyl sites for hydroxylation is 1. The Kier molecular flexibility index (Phi) is 5.82. The zero-order valence-electron chi connectivity index (χ0n) is 16.3. The summed E-state index contributed by atoms with van der Waals surface area (Å²) in [4.78, 5) is 39.7. The fourth-order valence-electron chi connectivity index (χ4n) is 2.96. The third kappa shape index (κ3) is 4.21. The number of hydrogen-bond donors (Lipinski definition) is 3. The van der Waals surface area contributed by atoms with Crippen molar-refractivity contribution in [1.82, 2.24) is 4.98 Å². The summed E-state index contributed by atoms with van der Waals surface area (Å²) in [6, 6.07) is 9.85. The maximum absolute atomic E-state index is 12.7. The van der Waals surface area contributed by atoms with Gasteiger partial charge in [0.2, 0.25) is 0 Å². The minimum Gasteiger partial charge on any atom is -0.465 e. The van der Waals surface area contributed by atoms with E-state index in [9.17, 15) is 14.4 Å². The lowest BCUT2D eigenvalue weighted by atomic mass is 10.1. The standard InChI is InChI=1S/C21H21N3O5/c1-4-15-17(21(27)28-3)12(2)18(24-15)20(26)23-14-9-7-13(8-10-14)22-19(25)16-6-5-11-29-16/h5-11,24H,4H2,1-3H3,(H,22,25)(H,23,26). The average Bonchev–Trinajstić information content (AvgIpc) is 3.37. The van der Waals surface area contributed by atoms with Crippen molar-refractivity contribution in [1.29, 1.82) is 0 Å². The van der Waals surface area contributed by atoms with Crippen molar-refractivity contribution in [2.75, 3.05) is 17.7 Å². The van der Waals surface area contributed by atoms with Crippen molar-refractivity contribution >= 4 is 29.2 Å². The molecule has 8 heteroatoms. The molecule has 0 aliphatic heterocycles. The summed E-state index contributed by atoms with van der Waals surface area (Å²) in [5.74, 6) is -1.01. The van der Waals surface area contributed by atoms with Gasteiger partial charge in [-0.05, 0) is 55.3 Å². The second kappa shape index (κ2) is 8.47. The molecule has 3 rings (SSSR count). The summed E-state index contributed by atoms with van der Waals surface area (Å²) in [6.45, 7) is 3.58. The Morgan fingerprint density at radius 2 is 1.66 bits per heavy atom. The molecule has 29 heavy (non-hydrogen) atoms. The SMILES string of the molecule is CCc1[nH]c(C(=O)Nc2ccc(NC(=O)c3ccco3)cc2)c(C)c1C(=O)OC. The molecule has 1 aromatic carbocycles. The first-order valence-corrected chi connectivity index (χ1v) is 9.00. The van der Waals surface area contributed by atoms with Gasteiger partial charge in [0.15, 0.2) is 5.76 Å². The number of furan rings is 1. The minimum atomic E-state index is -0.480. The van der Waals surface area contributed by atoms with Crippen LogP contribution in [0, 0.1) is 6.92 Å². The van der Waals surface area contributed by atoms with Crippen molar-refractivity contribution in [3.63, 3.8) is 0 Å². The number of hydrogen-bond acceptors (Lipinski definition) is 5. The normalized spacial score (nSPS) is 10.4. The van der Waals surface area contributed by atoms with Crippen LogP contribution in [0.2, 0.25) is 0 Å². The van der Waals surface area contributed by atoms with Gasteiger partial charge in [0.1, 0.15) is 5.69 Å². The number of esters is 1. The Morgan fingerprint density at radius 3 is 2.17 bits per heavy atom. The molecular weight excluding hydrogens is 374 g/mol. The van der Waals surface area contributed by atoms with Gasteiger partial charge in [-0.1, -0.05) is 6.92 Å². The molecule has 0 atom stereocenters. The molecule has 0 spiro atoms. The summed E-state index contributed by atoms with van der Waals surface area (Å²) in [7, 11) is 1.31. The van der Waals surface area contributed by atoms with Gasteiger partial charge >= 0.3 is 5.97 Å². The number of nitrogens with one attached hydrogen (secondary N) is 3. The van der Waals surface area contributed by atoms with E-state index in [2.05, 4.69) is 15.6 Å². The van der Waals surface area contributed by atoms with E-state index in [1.54, 1.807) is 43.3 Å². The second-order valence-electron chi connectivity index (χ2n) is 6.29. The van der Waals surface area contributed by atoms with Crippen molar-refractivity contribution < 1.29 is 23.5 Å². The van der Waals surface area contributed by atoms with Crippen LogP contribution < -0.4 is 10.6 Å². The van der Waals surface area contributed by atoms with Crippen molar-refractivity contribution in [2.45, 2.75) is 20.3 Å². The number of rotatable bonds is 6. The monoisotopic (exact) mass is 395 g/mol. The van der Waals surface area contributed by atoms with Gasteiger partial charge in [0, 0.05) is 17.1 Å². The molecule has 0 fully saturated rings. The van der Waals surface area contributed by atoms with E-state index in [4.69, 9.17) is 9.15 Å². The molecule has 2 amide bonds. The van der Waals surface area contributed by atoms with Gasteiger partial charge < -0.3 is 24.8 Å². The van der Waals surface area contributed by atoms with E-state index in [1.165, 1.54) is 13.4 Å². The quantitative estimate of drug-likeness (QED) is 0.550. The number of ether oxygens (including phenoxy) is 1. The van der Waals surface area contributed by atoms with Crippen LogP contribution >= 0.6 is 0 Å². The van der Waals surface area contributed by atoms with E-state index in [0.717, 1.165) is 0 Å². The number of methoxy groups -OCH3 is 1. The fraction of sp³-hybridized carbons (Fsp3) is 0.190. The zero-order chi connectivity index (χ0) is 21.0. The molecule has 2 heterocycles. The highest BCUT2D eigenvalue weighted by molar-refractivity contribution is 6.07. The maximum Gasteiger partial charge on any atom is 0.339 e. The molecule has 150 valence electrons. The molecule has 0 aliphatic rings. The van der Waals surface area contributed by atoms with Gasteiger partial charge in [-0.25, -0.2) is 4.79 Å². The highest BCUT2D eigenvalue weighted by Crippen LogP contribution is 2.22. The van der Waals surface area contributed by atoms with Gasteiger partial charge in [0.25, 0.3) is 11.8 Å². The molecule has 0 bridgehead atoms. The van der Waals surface area contributed by atoms with E-state index < -0.39 is 5.97 Å². The number of amides is 2. The van der Waals surface area contributed by atoms with Crippen molar-refractivity contribution in [3.8, 4) is 0 Å². The molecule has 2 aromatic heterocycles. The first kappa shape index (κ1) is 19.9. The molecule has 3 N–H and O–H groups in total. The lowest BCUT2D eigenvalue weighted by Gasteiger charge is -2.07. The number of H-pyrrole nitrogens is 1. The Balaban J connectivity index is 1.72. The van der Waals surface area contributed by atoms with Crippen LogP contribution in [0.3, 0.4) is 0 Å². The number of carbonyl (C=O) groups excluding carboxylic acids is 3. The summed E-state index contributed by atoms with van der Waals surface area (Å²) in [5, 5.41) is 5.48. The van der Waals surface area contributed by atoms with Crippen molar-refractivity contribution in [3.05, 3.63) is 70.9 Å². The highest BCUT2D eigenvalue weighted by atomic mass is 16.5. The molecule has 0 radical (unpaired) electrons. The number of aromatic amines is 1. The summed E-state index contributed by atoms with van der Waals surface area (Å²) < 4.78 is 9.86. The van der Waals surface area contributed by atoms with Gasteiger partial charge in [-0.3, -0.25) is 9.59 Å². The number of benzene rings is 1. The van der Waals surface area contributed by atoms with Gasteiger partial charge in [-0.15, -0.1) is 0 Å². The van der Waals surface area contributed by atoms with Gasteiger partial charge in [0.05, 0.1) is 18.9 Å².